The van der Waals surface area contributed by atoms with Crippen LogP contribution in [0.5, 0.6) is 0 Å². The third-order valence-corrected chi connectivity index (χ3v) is 2.86. The van der Waals surface area contributed by atoms with Gasteiger partial charge in [-0.1, -0.05) is 12.2 Å². The third kappa shape index (κ3) is 1.11. The lowest BCUT2D eigenvalue weighted by Crippen LogP contribution is -2.15. The predicted octanol–water partition coefficient (Wildman–Crippen LogP) is 1.96. The van der Waals surface area contributed by atoms with E-state index in [1.165, 1.54) is 0 Å². The maximum atomic E-state index is 8.71. The van der Waals surface area contributed by atoms with Crippen molar-refractivity contribution in [3.63, 3.8) is 0 Å². The van der Waals surface area contributed by atoms with Crippen LogP contribution in [0.1, 0.15) is 12.8 Å². The Kier molecular flexibility index (Phi) is 1.82. The zero-order valence-corrected chi connectivity index (χ0v) is 6.24. The predicted molar refractivity (Wildman–Crippen MR) is 40.2 cm³/mol. The summed E-state index contributed by atoms with van der Waals surface area (Å²) in [6, 6.07) is 2.33. The molecule has 9 heavy (non-hydrogen) atoms. The summed E-state index contributed by atoms with van der Waals surface area (Å²) in [6.07, 6.45) is 8.00. The smallest absolute Gasteiger partial charge is 0.109 e. The first-order valence-corrected chi connectivity index (χ1v) is 4.17. The molecule has 0 radical (unpaired) electrons. The molecule has 0 spiro atoms. The van der Waals surface area contributed by atoms with Crippen molar-refractivity contribution in [1.82, 2.24) is 0 Å². The lowest BCUT2D eigenvalue weighted by Gasteiger charge is -2.15. The number of rotatable bonds is 1. The van der Waals surface area contributed by atoms with Crippen LogP contribution in [-0.4, -0.2) is 11.0 Å². The van der Waals surface area contributed by atoms with Crippen LogP contribution in [0.2, 0.25) is 0 Å². The maximum absolute atomic E-state index is 8.71. The molecule has 0 unspecified atom stereocenters. The molecule has 48 valence electrons. The van der Waals surface area contributed by atoms with Gasteiger partial charge in [0.2, 0.25) is 0 Å². The van der Waals surface area contributed by atoms with E-state index >= 15 is 0 Å². The minimum Gasteiger partial charge on any atom is -0.197 e. The monoisotopic (exact) mass is 139 g/mol. The molecule has 1 rings (SSSR count). The molecular formula is C7H9NS. The van der Waals surface area contributed by atoms with Crippen LogP contribution in [0.3, 0.4) is 0 Å². The molecule has 1 nitrogen and oxygen atoms in total. The van der Waals surface area contributed by atoms with E-state index in [0.29, 0.717) is 0 Å². The maximum Gasteiger partial charge on any atom is 0.109 e. The van der Waals surface area contributed by atoms with Crippen molar-refractivity contribution >= 4 is 11.8 Å². The summed E-state index contributed by atoms with van der Waals surface area (Å²) in [6.45, 7) is 0. The lowest BCUT2D eigenvalue weighted by molar-refractivity contribution is 0.795. The molecule has 0 amide bonds. The second kappa shape index (κ2) is 2.45. The second-order valence-corrected chi connectivity index (χ2v) is 3.38. The summed E-state index contributed by atoms with van der Waals surface area (Å²) in [5.41, 5.74) is 0. The summed E-state index contributed by atoms with van der Waals surface area (Å²) in [5, 5.41) is 8.71. The van der Waals surface area contributed by atoms with Gasteiger partial charge in [0.15, 0.2) is 0 Å². The van der Waals surface area contributed by atoms with Gasteiger partial charge in [-0.3, -0.25) is 0 Å². The normalized spacial score (nSPS) is 21.8. The number of allylic oxidation sites excluding steroid dienone is 2. The fraction of sp³-hybridized carbons (Fsp3) is 0.571. The molecule has 0 bridgehead atoms. The molecule has 0 heterocycles. The van der Waals surface area contributed by atoms with Gasteiger partial charge in [-0.2, -0.15) is 5.26 Å². The zero-order valence-electron chi connectivity index (χ0n) is 5.42. The first-order chi connectivity index (χ1) is 4.33. The summed E-state index contributed by atoms with van der Waals surface area (Å²) in [5.74, 6) is 0. The van der Waals surface area contributed by atoms with Crippen LogP contribution in [-0.2, 0) is 0 Å². The second-order valence-electron chi connectivity index (χ2n) is 2.19. The Bertz CT molecular complexity index is 158. The average molecular weight is 139 g/mol. The topological polar surface area (TPSA) is 23.8 Å². The Morgan fingerprint density at radius 2 is 2.11 bits per heavy atom. The Hall–Kier alpha value is -0.420. The number of nitriles is 1. The largest absolute Gasteiger partial charge is 0.197 e. The van der Waals surface area contributed by atoms with Crippen LogP contribution < -0.4 is 0 Å². The van der Waals surface area contributed by atoms with Crippen LogP contribution >= 0.6 is 11.8 Å². The Morgan fingerprint density at radius 3 is 2.33 bits per heavy atom. The lowest BCUT2D eigenvalue weighted by atomic mass is 10.1. The number of hydrogen-bond donors (Lipinski definition) is 0. The van der Waals surface area contributed by atoms with Crippen LogP contribution in [0, 0.1) is 11.3 Å². The molecule has 0 atom stereocenters. The van der Waals surface area contributed by atoms with Crippen molar-refractivity contribution in [3.05, 3.63) is 12.2 Å². The van der Waals surface area contributed by atoms with Gasteiger partial charge < -0.3 is 0 Å². The van der Waals surface area contributed by atoms with E-state index in [9.17, 15) is 0 Å². The van der Waals surface area contributed by atoms with E-state index in [4.69, 9.17) is 5.26 Å². The van der Waals surface area contributed by atoms with Gasteiger partial charge in [0.1, 0.15) is 4.75 Å². The van der Waals surface area contributed by atoms with Gasteiger partial charge in [-0.25, -0.2) is 0 Å². The first-order valence-electron chi connectivity index (χ1n) is 2.94. The van der Waals surface area contributed by atoms with E-state index in [1.54, 1.807) is 11.8 Å². The van der Waals surface area contributed by atoms with E-state index in [-0.39, 0.29) is 4.75 Å². The molecule has 0 fully saturated rings. The van der Waals surface area contributed by atoms with Gasteiger partial charge in [-0.05, 0) is 19.1 Å². The zero-order chi connectivity index (χ0) is 6.74. The molecule has 0 aromatic heterocycles. The molecular weight excluding hydrogens is 130 g/mol. The van der Waals surface area contributed by atoms with Gasteiger partial charge in [0, 0.05) is 0 Å². The Morgan fingerprint density at radius 1 is 1.56 bits per heavy atom. The molecule has 0 aliphatic heterocycles. The third-order valence-electron chi connectivity index (χ3n) is 1.66. The molecule has 1 aliphatic carbocycles. The standard InChI is InChI=1S/C7H9NS/c1-9-7(6-8)4-2-3-5-7/h2-3H,4-5H2,1H3. The molecule has 0 N–H and O–H groups in total. The average Bonchev–Trinajstić information content (AvgIpc) is 2.36. The van der Waals surface area contributed by atoms with Crippen molar-refractivity contribution in [2.75, 3.05) is 6.26 Å². The highest BCUT2D eigenvalue weighted by molar-refractivity contribution is 8.00. The van der Waals surface area contributed by atoms with Gasteiger partial charge in [0.25, 0.3) is 0 Å². The summed E-state index contributed by atoms with van der Waals surface area (Å²) in [4.78, 5) is 0. The van der Waals surface area contributed by atoms with Crippen molar-refractivity contribution in [2.45, 2.75) is 17.6 Å². The Labute approximate surface area is 59.7 Å². The van der Waals surface area contributed by atoms with Gasteiger partial charge in [0.05, 0.1) is 6.07 Å². The van der Waals surface area contributed by atoms with Crippen molar-refractivity contribution in [3.8, 4) is 6.07 Å². The molecule has 2 heteroatoms. The van der Waals surface area contributed by atoms with Crippen LogP contribution in [0.15, 0.2) is 12.2 Å². The number of nitrogens with zero attached hydrogens (tertiary/aromatic N) is 1. The Balaban J connectivity index is 2.64. The fourth-order valence-corrected chi connectivity index (χ4v) is 1.55. The minimum absolute atomic E-state index is 0.111. The van der Waals surface area contributed by atoms with Crippen molar-refractivity contribution in [1.29, 1.82) is 5.26 Å². The van der Waals surface area contributed by atoms with E-state index < -0.39 is 0 Å². The first kappa shape index (κ1) is 6.70. The van der Waals surface area contributed by atoms with Crippen LogP contribution in [0.4, 0.5) is 0 Å². The fourth-order valence-electron chi connectivity index (χ4n) is 0.934. The number of hydrogen-bond acceptors (Lipinski definition) is 2. The van der Waals surface area contributed by atoms with Crippen molar-refractivity contribution < 1.29 is 0 Å². The van der Waals surface area contributed by atoms with E-state index in [1.807, 2.05) is 6.26 Å². The molecule has 0 aromatic carbocycles. The highest BCUT2D eigenvalue weighted by atomic mass is 32.2. The number of thioether (sulfide) groups is 1. The van der Waals surface area contributed by atoms with Gasteiger partial charge >= 0.3 is 0 Å². The quantitative estimate of drug-likeness (QED) is 0.518. The van der Waals surface area contributed by atoms with Crippen LogP contribution in [0.25, 0.3) is 0 Å². The van der Waals surface area contributed by atoms with E-state index in [0.717, 1.165) is 12.8 Å². The molecule has 1 aliphatic rings. The highest BCUT2D eigenvalue weighted by Gasteiger charge is 2.29. The molecule has 0 saturated carbocycles. The highest BCUT2D eigenvalue weighted by Crippen LogP contribution is 2.34. The van der Waals surface area contributed by atoms with E-state index in [2.05, 4.69) is 18.2 Å². The minimum atomic E-state index is -0.111. The summed E-state index contributed by atoms with van der Waals surface area (Å²) >= 11 is 1.66. The molecule has 0 saturated heterocycles. The van der Waals surface area contributed by atoms with Gasteiger partial charge in [-0.15, -0.1) is 11.8 Å². The molecule has 0 aromatic rings. The summed E-state index contributed by atoms with van der Waals surface area (Å²) in [7, 11) is 0. The summed E-state index contributed by atoms with van der Waals surface area (Å²) < 4.78 is -0.111. The SMILES string of the molecule is CSC1(C#N)CC=CC1. The van der Waals surface area contributed by atoms with Crippen molar-refractivity contribution in [2.24, 2.45) is 0 Å².